The van der Waals surface area contributed by atoms with E-state index in [0.29, 0.717) is 30.4 Å². The predicted molar refractivity (Wildman–Crippen MR) is 102 cm³/mol. The molecule has 150 valence electrons. The summed E-state index contributed by atoms with van der Waals surface area (Å²) in [5.41, 5.74) is 2.93. The van der Waals surface area contributed by atoms with Crippen LogP contribution < -0.4 is 10.8 Å². The molecule has 0 saturated carbocycles. The van der Waals surface area contributed by atoms with Crippen molar-refractivity contribution >= 4 is 24.3 Å². The van der Waals surface area contributed by atoms with E-state index in [2.05, 4.69) is 20.8 Å². The molecule has 1 aromatic heterocycles. The van der Waals surface area contributed by atoms with Crippen LogP contribution in [0.2, 0.25) is 0 Å². The molecular weight excluding hydrogens is 364 g/mol. The minimum Gasteiger partial charge on any atom is -0.444 e. The molecule has 0 unspecified atom stereocenters. The zero-order chi connectivity index (χ0) is 20.6. The number of nitrogens with zero attached hydrogens (tertiary/aromatic N) is 1. The fraction of sp³-hybridized carbons (Fsp3) is 0.368. The number of carbonyl (C=O) groups is 3. The third-order valence-corrected chi connectivity index (χ3v) is 3.45. The summed E-state index contributed by atoms with van der Waals surface area (Å²) in [6, 6.07) is 7.77. The van der Waals surface area contributed by atoms with Gasteiger partial charge in [-0.25, -0.2) is 14.6 Å². The van der Waals surface area contributed by atoms with Crippen LogP contribution in [0.15, 0.2) is 36.5 Å². The molecule has 9 heteroatoms. The first-order valence-electron chi connectivity index (χ1n) is 8.78. The highest BCUT2D eigenvalue weighted by molar-refractivity contribution is 5.89. The van der Waals surface area contributed by atoms with E-state index in [1.165, 1.54) is 0 Å². The molecule has 0 radical (unpaired) electrons. The van der Waals surface area contributed by atoms with Crippen LogP contribution in [0.25, 0.3) is 0 Å². The summed E-state index contributed by atoms with van der Waals surface area (Å²) >= 11 is 0. The van der Waals surface area contributed by atoms with Crippen LogP contribution in [0.5, 0.6) is 0 Å². The van der Waals surface area contributed by atoms with E-state index in [0.717, 1.165) is 0 Å². The number of rotatable bonds is 8. The smallest absolute Gasteiger partial charge is 0.414 e. The molecule has 28 heavy (non-hydrogen) atoms. The number of aldehydes is 1. The summed E-state index contributed by atoms with van der Waals surface area (Å²) in [4.78, 5) is 46.7. The van der Waals surface area contributed by atoms with Gasteiger partial charge in [-0.3, -0.25) is 5.32 Å². The molecule has 1 atom stereocenters. The van der Waals surface area contributed by atoms with Crippen LogP contribution in [-0.2, 0) is 20.8 Å². The Morgan fingerprint density at radius 1 is 1.25 bits per heavy atom. The first kappa shape index (κ1) is 21.1. The van der Waals surface area contributed by atoms with Gasteiger partial charge in [0.15, 0.2) is 0 Å². The zero-order valence-electron chi connectivity index (χ0n) is 16.0. The van der Waals surface area contributed by atoms with Gasteiger partial charge in [0.05, 0.1) is 17.8 Å². The Balaban J connectivity index is 1.79. The van der Waals surface area contributed by atoms with Crippen LogP contribution >= 0.6 is 0 Å². The van der Waals surface area contributed by atoms with Crippen molar-refractivity contribution in [2.24, 2.45) is 0 Å². The van der Waals surface area contributed by atoms with Crippen molar-refractivity contribution in [2.45, 2.75) is 45.3 Å². The van der Waals surface area contributed by atoms with Crippen molar-refractivity contribution in [2.75, 3.05) is 5.32 Å². The number of amides is 1. The molecule has 0 fully saturated rings. The van der Waals surface area contributed by atoms with Gasteiger partial charge >= 0.3 is 12.1 Å². The van der Waals surface area contributed by atoms with Gasteiger partial charge in [0, 0.05) is 5.69 Å². The number of carbonyl (C=O) groups excluding carboxylic acids is 3. The third-order valence-electron chi connectivity index (χ3n) is 3.45. The Kier molecular flexibility index (Phi) is 7.28. The van der Waals surface area contributed by atoms with Gasteiger partial charge in [-0.1, -0.05) is 18.2 Å². The number of H-pyrrole nitrogens is 1. The third kappa shape index (κ3) is 7.20. The molecule has 1 amide bonds. The molecule has 9 nitrogen and oxygen atoms in total. The van der Waals surface area contributed by atoms with E-state index in [9.17, 15) is 14.4 Å². The molecule has 1 heterocycles. The maximum absolute atomic E-state index is 11.9. The van der Waals surface area contributed by atoms with Crippen molar-refractivity contribution in [3.8, 4) is 0 Å². The number of hydrogen-bond donors (Lipinski definition) is 3. The summed E-state index contributed by atoms with van der Waals surface area (Å²) < 4.78 is 5.14. The van der Waals surface area contributed by atoms with Gasteiger partial charge in [0.1, 0.15) is 11.9 Å². The fourth-order valence-electron chi connectivity index (χ4n) is 2.18. The van der Waals surface area contributed by atoms with Crippen molar-refractivity contribution < 1.29 is 24.0 Å². The number of hydroxylamine groups is 1. The number of aromatic nitrogens is 2. The lowest BCUT2D eigenvalue weighted by Gasteiger charge is -2.18. The Bertz CT molecular complexity index is 798. The van der Waals surface area contributed by atoms with Crippen molar-refractivity contribution in [3.63, 3.8) is 0 Å². The minimum absolute atomic E-state index is 0.246. The quantitative estimate of drug-likeness (QED) is 0.469. The van der Waals surface area contributed by atoms with Gasteiger partial charge in [-0.2, -0.15) is 0 Å². The molecule has 0 spiro atoms. The summed E-state index contributed by atoms with van der Waals surface area (Å²) in [5.74, 6) is -0.326. The van der Waals surface area contributed by atoms with Gasteiger partial charge in [-0.05, 0) is 45.7 Å². The minimum atomic E-state index is -0.682. The molecule has 1 aromatic carbocycles. The van der Waals surface area contributed by atoms with Crippen molar-refractivity contribution in [1.29, 1.82) is 0 Å². The average Bonchev–Trinajstić information content (AvgIpc) is 3.08. The predicted octanol–water partition coefficient (Wildman–Crippen LogP) is 2.62. The van der Waals surface area contributed by atoms with E-state index < -0.39 is 23.7 Å². The number of benzene rings is 1. The molecule has 2 aromatic rings. The standard InChI is InChI=1S/C19H24N4O5/c1-19(2,3)27-18(26)22-17-20-11-14(21-17)9-10-15(12-24)23-28-16(25)13-7-5-4-6-8-13/h4-8,11-12,15,23H,9-10H2,1-3H3,(H2,20,21,22,26)/t15-/m0/s1. The van der Waals surface area contributed by atoms with E-state index >= 15 is 0 Å². The van der Waals surface area contributed by atoms with Gasteiger partial charge in [0.25, 0.3) is 0 Å². The monoisotopic (exact) mass is 388 g/mol. The second-order valence-corrected chi connectivity index (χ2v) is 7.04. The van der Waals surface area contributed by atoms with Crippen molar-refractivity contribution in [3.05, 3.63) is 47.8 Å². The molecule has 0 saturated heterocycles. The van der Waals surface area contributed by atoms with Crippen LogP contribution in [0, 0.1) is 0 Å². The topological polar surface area (TPSA) is 122 Å². The first-order chi connectivity index (χ1) is 13.3. The second kappa shape index (κ2) is 9.65. The van der Waals surface area contributed by atoms with Crippen LogP contribution in [0.1, 0.15) is 43.2 Å². The number of ether oxygens (including phenoxy) is 1. The number of imidazole rings is 1. The van der Waals surface area contributed by atoms with E-state index in [4.69, 9.17) is 9.57 Å². The number of hydrogen-bond acceptors (Lipinski definition) is 7. The van der Waals surface area contributed by atoms with E-state index in [1.807, 2.05) is 0 Å². The van der Waals surface area contributed by atoms with Gasteiger partial charge in [-0.15, -0.1) is 5.48 Å². The molecule has 0 bridgehead atoms. The normalized spacial score (nSPS) is 12.1. The Morgan fingerprint density at radius 2 is 1.96 bits per heavy atom. The molecule has 0 aliphatic rings. The number of anilines is 1. The fourth-order valence-corrected chi connectivity index (χ4v) is 2.18. The van der Waals surface area contributed by atoms with Crippen LogP contribution in [0.4, 0.5) is 10.7 Å². The number of nitrogens with one attached hydrogen (secondary N) is 3. The van der Waals surface area contributed by atoms with Gasteiger partial charge < -0.3 is 19.4 Å². The SMILES string of the molecule is CC(C)(C)OC(=O)Nc1ncc(CC[C@@H](C=O)NOC(=O)c2ccccc2)[nH]1. The molecular formula is C19H24N4O5. The lowest BCUT2D eigenvalue weighted by molar-refractivity contribution is -0.112. The van der Waals surface area contributed by atoms with E-state index in [1.54, 1.807) is 57.3 Å². The highest BCUT2D eigenvalue weighted by atomic mass is 16.7. The lowest BCUT2D eigenvalue weighted by atomic mass is 10.1. The average molecular weight is 388 g/mol. The van der Waals surface area contributed by atoms with Crippen molar-refractivity contribution in [1.82, 2.24) is 15.4 Å². The number of aryl methyl sites for hydroxylation is 1. The highest BCUT2D eigenvalue weighted by Gasteiger charge is 2.17. The molecule has 0 aliphatic heterocycles. The molecule has 2 rings (SSSR count). The van der Waals surface area contributed by atoms with Crippen LogP contribution in [0.3, 0.4) is 0 Å². The van der Waals surface area contributed by atoms with Gasteiger partial charge in [0.2, 0.25) is 5.95 Å². The summed E-state index contributed by atoms with van der Waals surface area (Å²) in [5, 5.41) is 2.50. The first-order valence-corrected chi connectivity index (χ1v) is 8.78. The Hall–Kier alpha value is -3.20. The van der Waals surface area contributed by atoms with Crippen LogP contribution in [-0.4, -0.2) is 40.0 Å². The summed E-state index contributed by atoms with van der Waals surface area (Å²) in [6.07, 6.45) is 2.40. The zero-order valence-corrected chi connectivity index (χ0v) is 16.0. The lowest BCUT2D eigenvalue weighted by Crippen LogP contribution is -2.33. The Labute approximate surface area is 162 Å². The molecule has 0 aliphatic carbocycles. The summed E-state index contributed by atoms with van der Waals surface area (Å²) in [7, 11) is 0. The second-order valence-electron chi connectivity index (χ2n) is 7.04. The highest BCUT2D eigenvalue weighted by Crippen LogP contribution is 2.11. The number of aromatic amines is 1. The Morgan fingerprint density at radius 3 is 2.61 bits per heavy atom. The maximum Gasteiger partial charge on any atom is 0.414 e. The summed E-state index contributed by atoms with van der Waals surface area (Å²) in [6.45, 7) is 5.28. The van der Waals surface area contributed by atoms with E-state index in [-0.39, 0.29) is 5.95 Å². The molecule has 3 N–H and O–H groups in total. The maximum atomic E-state index is 11.9. The largest absolute Gasteiger partial charge is 0.444 e.